The first-order valence-electron chi connectivity index (χ1n) is 5.16. The lowest BCUT2D eigenvalue weighted by Gasteiger charge is -2.14. The van der Waals surface area contributed by atoms with E-state index in [1.165, 1.54) is 0 Å². The largest absolute Gasteiger partial charge is 0.385 e. The Hall–Kier alpha value is -0.260. The monoisotopic (exact) mass is 234 g/mol. The van der Waals surface area contributed by atoms with Gasteiger partial charge in [0.15, 0.2) is 0 Å². The summed E-state index contributed by atoms with van der Waals surface area (Å²) in [4.78, 5) is 11.5. The third kappa shape index (κ3) is 7.64. The number of ether oxygens (including phenoxy) is 1. The summed E-state index contributed by atoms with van der Waals surface area (Å²) in [5, 5.41) is 3.27. The molecule has 4 nitrogen and oxygen atoms in total. The van der Waals surface area contributed by atoms with Gasteiger partial charge in [-0.05, 0) is 19.1 Å². The van der Waals surface area contributed by atoms with E-state index in [9.17, 15) is 4.79 Å². The van der Waals surface area contributed by atoms with Crippen LogP contribution in [0.3, 0.4) is 0 Å². The third-order valence-corrected chi connectivity index (χ3v) is 3.14. The van der Waals surface area contributed by atoms with Crippen molar-refractivity contribution in [3.63, 3.8) is 0 Å². The maximum absolute atomic E-state index is 11.5. The van der Waals surface area contributed by atoms with Gasteiger partial charge in [-0.1, -0.05) is 6.92 Å². The summed E-state index contributed by atoms with van der Waals surface area (Å²) < 4.78 is 4.90. The van der Waals surface area contributed by atoms with Crippen molar-refractivity contribution in [2.45, 2.75) is 31.1 Å². The molecule has 2 atom stereocenters. The van der Waals surface area contributed by atoms with Crippen LogP contribution >= 0.6 is 11.8 Å². The molecule has 0 heterocycles. The van der Waals surface area contributed by atoms with Crippen LogP contribution in [-0.2, 0) is 9.53 Å². The highest BCUT2D eigenvalue weighted by atomic mass is 32.2. The van der Waals surface area contributed by atoms with Gasteiger partial charge in [-0.2, -0.15) is 11.8 Å². The fourth-order valence-corrected chi connectivity index (χ4v) is 1.29. The van der Waals surface area contributed by atoms with Gasteiger partial charge in [0.1, 0.15) is 0 Å². The third-order valence-electron chi connectivity index (χ3n) is 2.17. The molecular weight excluding hydrogens is 212 g/mol. The van der Waals surface area contributed by atoms with E-state index in [1.54, 1.807) is 18.9 Å². The molecule has 0 aliphatic rings. The zero-order valence-corrected chi connectivity index (χ0v) is 10.6. The van der Waals surface area contributed by atoms with Gasteiger partial charge in [0.2, 0.25) is 5.91 Å². The van der Waals surface area contributed by atoms with Crippen molar-refractivity contribution in [1.29, 1.82) is 0 Å². The fraction of sp³-hybridized carbons (Fsp3) is 0.900. The second kappa shape index (κ2) is 9.00. The van der Waals surface area contributed by atoms with Crippen LogP contribution in [0.4, 0.5) is 0 Å². The van der Waals surface area contributed by atoms with Gasteiger partial charge in [-0.3, -0.25) is 4.79 Å². The molecule has 0 fully saturated rings. The number of carbonyl (C=O) groups is 1. The highest BCUT2D eigenvalue weighted by molar-refractivity contribution is 7.99. The van der Waals surface area contributed by atoms with Crippen LogP contribution in [0.25, 0.3) is 0 Å². The number of hydrogen-bond acceptors (Lipinski definition) is 4. The molecule has 3 N–H and O–H groups in total. The van der Waals surface area contributed by atoms with Crippen LogP contribution in [-0.4, -0.2) is 43.7 Å². The number of hydrogen-bond donors (Lipinski definition) is 2. The number of rotatable bonds is 8. The quantitative estimate of drug-likeness (QED) is 0.604. The van der Waals surface area contributed by atoms with Gasteiger partial charge < -0.3 is 15.8 Å². The summed E-state index contributed by atoms with van der Waals surface area (Å²) in [7, 11) is 1.64. The number of carbonyl (C=O) groups excluding carboxylic acids is 1. The van der Waals surface area contributed by atoms with Crippen molar-refractivity contribution in [2.24, 2.45) is 5.73 Å². The Morgan fingerprint density at radius 2 is 2.27 bits per heavy atom. The number of amides is 1. The molecule has 0 aromatic heterocycles. The van der Waals surface area contributed by atoms with E-state index >= 15 is 0 Å². The van der Waals surface area contributed by atoms with E-state index in [4.69, 9.17) is 10.5 Å². The van der Waals surface area contributed by atoms with Crippen molar-refractivity contribution in [3.05, 3.63) is 0 Å². The molecule has 0 aliphatic carbocycles. The SMILES string of the molecule is COCCCC(N)C(=O)NCC(C)SC. The molecule has 0 spiro atoms. The number of thioether (sulfide) groups is 1. The molecule has 0 radical (unpaired) electrons. The summed E-state index contributed by atoms with van der Waals surface area (Å²) in [5.41, 5.74) is 5.71. The molecule has 0 saturated heterocycles. The van der Waals surface area contributed by atoms with E-state index in [2.05, 4.69) is 12.2 Å². The number of nitrogens with one attached hydrogen (secondary N) is 1. The maximum Gasteiger partial charge on any atom is 0.236 e. The molecule has 1 amide bonds. The topological polar surface area (TPSA) is 64.3 Å². The van der Waals surface area contributed by atoms with E-state index < -0.39 is 6.04 Å². The highest BCUT2D eigenvalue weighted by Crippen LogP contribution is 2.03. The predicted octanol–water partition coefficient (Wildman–Crippen LogP) is 0.608. The molecule has 0 aromatic rings. The minimum Gasteiger partial charge on any atom is -0.385 e. The Bertz CT molecular complexity index is 179. The number of methoxy groups -OCH3 is 1. The van der Waals surface area contributed by atoms with Crippen molar-refractivity contribution in [3.8, 4) is 0 Å². The van der Waals surface area contributed by atoms with Crippen LogP contribution in [0.2, 0.25) is 0 Å². The lowest BCUT2D eigenvalue weighted by Crippen LogP contribution is -2.42. The molecule has 15 heavy (non-hydrogen) atoms. The smallest absolute Gasteiger partial charge is 0.236 e. The highest BCUT2D eigenvalue weighted by Gasteiger charge is 2.13. The minimum absolute atomic E-state index is 0.0630. The van der Waals surface area contributed by atoms with Crippen molar-refractivity contribution in [1.82, 2.24) is 5.32 Å². The summed E-state index contributed by atoms with van der Waals surface area (Å²) in [5.74, 6) is -0.0630. The van der Waals surface area contributed by atoms with Gasteiger partial charge in [0, 0.05) is 25.5 Å². The second-order valence-corrected chi connectivity index (χ2v) is 4.81. The standard InChI is InChI=1S/C10H22N2O2S/c1-8(15-3)7-12-10(13)9(11)5-4-6-14-2/h8-9H,4-7,11H2,1-3H3,(H,12,13). The average molecular weight is 234 g/mol. The average Bonchev–Trinajstić information content (AvgIpc) is 2.25. The van der Waals surface area contributed by atoms with Gasteiger partial charge in [-0.15, -0.1) is 0 Å². The molecule has 0 saturated carbocycles. The molecular formula is C10H22N2O2S. The van der Waals surface area contributed by atoms with Gasteiger partial charge >= 0.3 is 0 Å². The first-order chi connectivity index (χ1) is 7.11. The van der Waals surface area contributed by atoms with Crippen molar-refractivity contribution < 1.29 is 9.53 Å². The molecule has 0 rings (SSSR count). The zero-order chi connectivity index (χ0) is 11.7. The minimum atomic E-state index is -0.408. The lowest BCUT2D eigenvalue weighted by molar-refractivity contribution is -0.122. The van der Waals surface area contributed by atoms with Gasteiger partial charge in [-0.25, -0.2) is 0 Å². The summed E-state index contributed by atoms with van der Waals surface area (Å²) in [6.45, 7) is 3.40. The molecule has 0 bridgehead atoms. The summed E-state index contributed by atoms with van der Waals surface area (Å²) in [6.07, 6.45) is 3.52. The first kappa shape index (κ1) is 14.7. The van der Waals surface area contributed by atoms with Gasteiger partial charge in [0.05, 0.1) is 6.04 Å². The van der Waals surface area contributed by atoms with Gasteiger partial charge in [0.25, 0.3) is 0 Å². The zero-order valence-electron chi connectivity index (χ0n) is 9.79. The Morgan fingerprint density at radius 3 is 2.80 bits per heavy atom. The summed E-state index contributed by atoms with van der Waals surface area (Å²) in [6, 6.07) is -0.408. The van der Waals surface area contributed by atoms with E-state index in [-0.39, 0.29) is 5.91 Å². The Balaban J connectivity index is 3.60. The van der Waals surface area contributed by atoms with E-state index in [1.807, 2.05) is 6.26 Å². The second-order valence-electron chi connectivity index (χ2n) is 3.53. The normalized spacial score (nSPS) is 14.7. The predicted molar refractivity (Wildman–Crippen MR) is 65.1 cm³/mol. The molecule has 0 aliphatic heterocycles. The van der Waals surface area contributed by atoms with Crippen LogP contribution in [0.15, 0.2) is 0 Å². The molecule has 5 heteroatoms. The van der Waals surface area contributed by atoms with Crippen LogP contribution < -0.4 is 11.1 Å². The van der Waals surface area contributed by atoms with Crippen LogP contribution in [0, 0.1) is 0 Å². The molecule has 0 aromatic carbocycles. The van der Waals surface area contributed by atoms with Crippen LogP contribution in [0.1, 0.15) is 19.8 Å². The molecule has 90 valence electrons. The molecule has 2 unspecified atom stereocenters. The lowest BCUT2D eigenvalue weighted by atomic mass is 10.1. The van der Waals surface area contributed by atoms with E-state index in [0.29, 0.717) is 24.8 Å². The van der Waals surface area contributed by atoms with Crippen molar-refractivity contribution in [2.75, 3.05) is 26.5 Å². The first-order valence-corrected chi connectivity index (χ1v) is 6.45. The van der Waals surface area contributed by atoms with Crippen molar-refractivity contribution >= 4 is 17.7 Å². The number of nitrogens with two attached hydrogens (primary N) is 1. The van der Waals surface area contributed by atoms with Crippen LogP contribution in [0.5, 0.6) is 0 Å². The maximum atomic E-state index is 11.5. The Labute approximate surface area is 96.3 Å². The fourth-order valence-electron chi connectivity index (χ4n) is 1.04. The Morgan fingerprint density at radius 1 is 1.60 bits per heavy atom. The summed E-state index contributed by atoms with van der Waals surface area (Å²) >= 11 is 1.72. The van der Waals surface area contributed by atoms with E-state index in [0.717, 1.165) is 6.42 Å². The Kier molecular flexibility index (Phi) is 8.85.